The minimum absolute atomic E-state index is 0. The van der Waals surface area contributed by atoms with Gasteiger partial charge in [-0.05, 0) is 36.2 Å². The normalized spacial score (nSPS) is 15.5. The van der Waals surface area contributed by atoms with E-state index >= 15 is 0 Å². The summed E-state index contributed by atoms with van der Waals surface area (Å²) >= 11 is 0. The van der Waals surface area contributed by atoms with Crippen LogP contribution >= 0.6 is 24.8 Å². The quantitative estimate of drug-likeness (QED) is 0.864. The van der Waals surface area contributed by atoms with E-state index in [2.05, 4.69) is 20.2 Å². The number of rotatable bonds is 2. The first-order valence-corrected chi connectivity index (χ1v) is 7.99. The van der Waals surface area contributed by atoms with Gasteiger partial charge in [-0.1, -0.05) is 0 Å². The van der Waals surface area contributed by atoms with Crippen molar-refractivity contribution in [1.82, 2.24) is 14.9 Å². The van der Waals surface area contributed by atoms with Crippen molar-refractivity contribution in [3.63, 3.8) is 0 Å². The molecule has 1 aromatic carbocycles. The van der Waals surface area contributed by atoms with Gasteiger partial charge >= 0.3 is 0 Å². The zero-order chi connectivity index (χ0) is 15.6. The molecule has 0 unspecified atom stereocenters. The Labute approximate surface area is 159 Å². The van der Waals surface area contributed by atoms with Crippen LogP contribution in [0.25, 0.3) is 0 Å². The van der Waals surface area contributed by atoms with Crippen LogP contribution in [0.15, 0.2) is 36.7 Å². The van der Waals surface area contributed by atoms with Crippen molar-refractivity contribution in [1.29, 1.82) is 0 Å². The monoisotopic (exact) mass is 381 g/mol. The minimum Gasteiger partial charge on any atom is -0.384 e. The lowest BCUT2D eigenvalue weighted by molar-refractivity contribution is 0.0746. The van der Waals surface area contributed by atoms with Crippen LogP contribution < -0.4 is 10.2 Å². The maximum absolute atomic E-state index is 12.7. The van der Waals surface area contributed by atoms with Gasteiger partial charge in [0.1, 0.15) is 0 Å². The lowest BCUT2D eigenvalue weighted by atomic mass is 10.1. The summed E-state index contributed by atoms with van der Waals surface area (Å²) in [6, 6.07) is 7.78. The fraction of sp³-hybridized carbons (Fsp3) is 0.353. The molecule has 6 nitrogen and oxygen atoms in total. The molecule has 2 aliphatic rings. The molecule has 1 fully saturated rings. The Bertz CT molecular complexity index is 720. The molecule has 3 heterocycles. The number of hydrogen-bond donors (Lipinski definition) is 1. The van der Waals surface area contributed by atoms with Crippen LogP contribution in [0.5, 0.6) is 0 Å². The molecule has 1 N–H and O–H groups in total. The maximum Gasteiger partial charge on any atom is 0.253 e. The number of anilines is 2. The lowest BCUT2D eigenvalue weighted by Crippen LogP contribution is -2.49. The molecule has 4 rings (SSSR count). The second-order valence-electron chi connectivity index (χ2n) is 5.88. The predicted molar refractivity (Wildman–Crippen MR) is 103 cm³/mol. The SMILES string of the molecule is Cl.Cl.O=C(c1ccc2c(c1)CCN2)N1CCN(c2ncccn2)CC1. The molecule has 2 aromatic rings. The van der Waals surface area contributed by atoms with Gasteiger partial charge in [0.15, 0.2) is 0 Å². The van der Waals surface area contributed by atoms with Gasteiger partial charge in [-0.25, -0.2) is 9.97 Å². The summed E-state index contributed by atoms with van der Waals surface area (Å²) in [5, 5.41) is 3.32. The van der Waals surface area contributed by atoms with Crippen LogP contribution in [-0.4, -0.2) is 53.5 Å². The smallest absolute Gasteiger partial charge is 0.253 e. The molecule has 1 aromatic heterocycles. The van der Waals surface area contributed by atoms with Crippen LogP contribution in [0.1, 0.15) is 15.9 Å². The molecule has 1 saturated heterocycles. The van der Waals surface area contributed by atoms with E-state index in [9.17, 15) is 4.79 Å². The molecular weight excluding hydrogens is 361 g/mol. The Morgan fingerprint density at radius 2 is 1.76 bits per heavy atom. The zero-order valence-electron chi connectivity index (χ0n) is 13.7. The fourth-order valence-corrected chi connectivity index (χ4v) is 3.18. The van der Waals surface area contributed by atoms with Crippen molar-refractivity contribution in [3.8, 4) is 0 Å². The molecule has 1 amide bonds. The van der Waals surface area contributed by atoms with Crippen molar-refractivity contribution in [2.75, 3.05) is 42.9 Å². The van der Waals surface area contributed by atoms with Gasteiger partial charge in [-0.3, -0.25) is 4.79 Å². The molecule has 0 spiro atoms. The number of hydrogen-bond acceptors (Lipinski definition) is 5. The van der Waals surface area contributed by atoms with Crippen molar-refractivity contribution in [2.24, 2.45) is 0 Å². The highest BCUT2D eigenvalue weighted by molar-refractivity contribution is 5.95. The van der Waals surface area contributed by atoms with E-state index in [0.29, 0.717) is 13.1 Å². The average molecular weight is 382 g/mol. The number of amides is 1. The maximum atomic E-state index is 12.7. The summed E-state index contributed by atoms with van der Waals surface area (Å²) in [4.78, 5) is 25.3. The first kappa shape index (κ1) is 19.3. The topological polar surface area (TPSA) is 61.4 Å². The van der Waals surface area contributed by atoms with Crippen LogP contribution in [0.3, 0.4) is 0 Å². The highest BCUT2D eigenvalue weighted by Gasteiger charge is 2.24. The number of fused-ring (bicyclic) bond motifs is 1. The summed E-state index contributed by atoms with van der Waals surface area (Å²) < 4.78 is 0. The molecule has 0 atom stereocenters. The Balaban J connectivity index is 0.00000113. The molecule has 0 bridgehead atoms. The second kappa shape index (κ2) is 8.36. The van der Waals surface area contributed by atoms with E-state index in [1.807, 2.05) is 29.2 Å². The number of nitrogens with zero attached hydrogens (tertiary/aromatic N) is 4. The summed E-state index contributed by atoms with van der Waals surface area (Å²) in [6.07, 6.45) is 4.49. The Hall–Kier alpha value is -2.05. The van der Waals surface area contributed by atoms with Crippen LogP contribution in [0, 0.1) is 0 Å². The largest absolute Gasteiger partial charge is 0.384 e. The highest BCUT2D eigenvalue weighted by Crippen LogP contribution is 2.24. The summed E-state index contributed by atoms with van der Waals surface area (Å²) in [5.41, 5.74) is 3.19. The van der Waals surface area contributed by atoms with E-state index in [1.165, 1.54) is 5.56 Å². The molecular formula is C17H21Cl2N5O. The Morgan fingerprint density at radius 1 is 1.04 bits per heavy atom. The van der Waals surface area contributed by atoms with Gasteiger partial charge in [0.2, 0.25) is 5.95 Å². The van der Waals surface area contributed by atoms with Gasteiger partial charge in [0, 0.05) is 56.4 Å². The standard InChI is InChI=1S/C17H19N5O.2ClH/c23-16(14-2-3-15-13(12-14)4-7-18-15)21-8-10-22(11-9-21)17-19-5-1-6-20-17;;/h1-3,5-6,12,18H,4,7-11H2;2*1H. The third kappa shape index (κ3) is 3.96. The predicted octanol–water partition coefficient (Wildman–Crippen LogP) is 2.25. The van der Waals surface area contributed by atoms with E-state index in [4.69, 9.17) is 0 Å². The fourth-order valence-electron chi connectivity index (χ4n) is 3.18. The summed E-state index contributed by atoms with van der Waals surface area (Å²) in [7, 11) is 0. The number of benzene rings is 1. The van der Waals surface area contributed by atoms with Crippen LogP contribution in [-0.2, 0) is 6.42 Å². The third-order valence-corrected chi connectivity index (χ3v) is 4.46. The van der Waals surface area contributed by atoms with E-state index < -0.39 is 0 Å². The summed E-state index contributed by atoms with van der Waals surface area (Å²) in [5.74, 6) is 0.858. The molecule has 0 aliphatic carbocycles. The number of carbonyl (C=O) groups is 1. The number of halogens is 2. The van der Waals surface area contributed by atoms with Crippen molar-refractivity contribution in [3.05, 3.63) is 47.8 Å². The van der Waals surface area contributed by atoms with E-state index in [-0.39, 0.29) is 30.7 Å². The Kier molecular flexibility index (Phi) is 6.45. The number of nitrogens with one attached hydrogen (secondary N) is 1. The second-order valence-corrected chi connectivity index (χ2v) is 5.88. The van der Waals surface area contributed by atoms with E-state index in [0.717, 1.165) is 43.3 Å². The van der Waals surface area contributed by atoms with Gasteiger partial charge in [0.05, 0.1) is 0 Å². The first-order valence-electron chi connectivity index (χ1n) is 7.99. The van der Waals surface area contributed by atoms with Crippen LogP contribution in [0.2, 0.25) is 0 Å². The van der Waals surface area contributed by atoms with Crippen molar-refractivity contribution in [2.45, 2.75) is 6.42 Å². The van der Waals surface area contributed by atoms with Gasteiger partial charge < -0.3 is 15.1 Å². The molecule has 0 radical (unpaired) electrons. The molecule has 134 valence electrons. The first-order chi connectivity index (χ1) is 11.3. The van der Waals surface area contributed by atoms with Crippen molar-refractivity contribution >= 4 is 42.4 Å². The molecule has 25 heavy (non-hydrogen) atoms. The summed E-state index contributed by atoms with van der Waals surface area (Å²) in [6.45, 7) is 3.89. The lowest BCUT2D eigenvalue weighted by Gasteiger charge is -2.34. The average Bonchev–Trinajstić information content (AvgIpc) is 3.10. The highest BCUT2D eigenvalue weighted by atomic mass is 35.5. The minimum atomic E-state index is 0. The zero-order valence-corrected chi connectivity index (χ0v) is 15.4. The number of carbonyl (C=O) groups excluding carboxylic acids is 1. The van der Waals surface area contributed by atoms with Gasteiger partial charge in [0.25, 0.3) is 5.91 Å². The van der Waals surface area contributed by atoms with E-state index in [1.54, 1.807) is 12.4 Å². The van der Waals surface area contributed by atoms with Crippen molar-refractivity contribution < 1.29 is 4.79 Å². The third-order valence-electron chi connectivity index (χ3n) is 4.46. The van der Waals surface area contributed by atoms with Crippen LogP contribution in [0.4, 0.5) is 11.6 Å². The molecule has 8 heteroatoms. The molecule has 0 saturated carbocycles. The number of piperazine rings is 1. The number of aromatic nitrogens is 2. The van der Waals surface area contributed by atoms with Gasteiger partial charge in [-0.2, -0.15) is 0 Å². The Morgan fingerprint density at radius 3 is 2.48 bits per heavy atom. The van der Waals surface area contributed by atoms with Gasteiger partial charge in [-0.15, -0.1) is 24.8 Å². The molecule has 2 aliphatic heterocycles.